The quantitative estimate of drug-likeness (QED) is 0.755. The number of carbonyl (C=O) groups is 2. The summed E-state index contributed by atoms with van der Waals surface area (Å²) in [6.45, 7) is 0. The standard InChI is InChI=1S/C11H14N2O3/c1-13(8-4-2-7-12-8)9(14)11(10(15)16)5-3-6-11/h2,4,7,12H,3,5-6H2,1H3,(H,15,16). The number of nitrogens with one attached hydrogen (secondary N) is 1. The Balaban J connectivity index is 2.22. The zero-order valence-corrected chi connectivity index (χ0v) is 9.06. The third-order valence-corrected chi connectivity index (χ3v) is 3.27. The van der Waals surface area contributed by atoms with Crippen molar-refractivity contribution in [3.05, 3.63) is 18.3 Å². The maximum Gasteiger partial charge on any atom is 0.319 e. The molecular formula is C11H14N2O3. The molecule has 1 aliphatic rings. The van der Waals surface area contributed by atoms with Crippen molar-refractivity contribution in [2.75, 3.05) is 11.9 Å². The smallest absolute Gasteiger partial charge is 0.319 e. The number of H-pyrrole nitrogens is 1. The van der Waals surface area contributed by atoms with Gasteiger partial charge in [-0.25, -0.2) is 0 Å². The molecule has 0 aromatic carbocycles. The number of carbonyl (C=O) groups excluding carboxylic acids is 1. The van der Waals surface area contributed by atoms with Crippen LogP contribution in [-0.4, -0.2) is 29.0 Å². The molecule has 1 aliphatic carbocycles. The highest BCUT2D eigenvalue weighted by molar-refractivity contribution is 6.09. The average molecular weight is 222 g/mol. The van der Waals surface area contributed by atoms with Crippen LogP contribution in [0.1, 0.15) is 19.3 Å². The molecule has 1 amide bonds. The summed E-state index contributed by atoms with van der Waals surface area (Å²) >= 11 is 0. The van der Waals surface area contributed by atoms with Crippen LogP contribution < -0.4 is 4.90 Å². The predicted molar refractivity (Wildman–Crippen MR) is 58.1 cm³/mol. The van der Waals surface area contributed by atoms with E-state index in [1.807, 2.05) is 0 Å². The van der Waals surface area contributed by atoms with E-state index in [1.54, 1.807) is 25.4 Å². The number of amides is 1. The first-order valence-corrected chi connectivity index (χ1v) is 5.23. The average Bonchev–Trinajstić information content (AvgIpc) is 2.66. The highest BCUT2D eigenvalue weighted by atomic mass is 16.4. The summed E-state index contributed by atoms with van der Waals surface area (Å²) in [4.78, 5) is 27.5. The van der Waals surface area contributed by atoms with Crippen LogP contribution in [0, 0.1) is 5.41 Å². The van der Waals surface area contributed by atoms with Crippen LogP contribution in [0.5, 0.6) is 0 Å². The molecule has 1 fully saturated rings. The lowest BCUT2D eigenvalue weighted by Crippen LogP contribution is -2.51. The van der Waals surface area contributed by atoms with E-state index in [-0.39, 0.29) is 5.91 Å². The molecule has 1 aromatic rings. The summed E-state index contributed by atoms with van der Waals surface area (Å²) in [5.74, 6) is -0.728. The zero-order valence-electron chi connectivity index (χ0n) is 9.06. The van der Waals surface area contributed by atoms with Crippen LogP contribution in [0.25, 0.3) is 0 Å². The molecule has 0 aliphatic heterocycles. The van der Waals surface area contributed by atoms with Crippen LogP contribution >= 0.6 is 0 Å². The van der Waals surface area contributed by atoms with Gasteiger partial charge in [0.15, 0.2) is 0 Å². The molecule has 0 atom stereocenters. The van der Waals surface area contributed by atoms with Gasteiger partial charge in [0.25, 0.3) is 0 Å². The number of aromatic amines is 1. The van der Waals surface area contributed by atoms with E-state index in [1.165, 1.54) is 4.90 Å². The largest absolute Gasteiger partial charge is 0.480 e. The van der Waals surface area contributed by atoms with Gasteiger partial charge in [-0.15, -0.1) is 0 Å². The number of hydrogen-bond acceptors (Lipinski definition) is 2. The summed E-state index contributed by atoms with van der Waals surface area (Å²) in [7, 11) is 1.59. The second-order valence-corrected chi connectivity index (χ2v) is 4.16. The Hall–Kier alpha value is -1.78. The van der Waals surface area contributed by atoms with Crippen LogP contribution in [-0.2, 0) is 9.59 Å². The molecule has 1 aromatic heterocycles. The lowest BCUT2D eigenvalue weighted by atomic mass is 9.68. The van der Waals surface area contributed by atoms with Gasteiger partial charge in [0.2, 0.25) is 5.91 Å². The van der Waals surface area contributed by atoms with Crippen molar-refractivity contribution >= 4 is 17.7 Å². The second kappa shape index (κ2) is 3.66. The number of rotatable bonds is 3. The van der Waals surface area contributed by atoms with Crippen molar-refractivity contribution < 1.29 is 14.7 Å². The minimum Gasteiger partial charge on any atom is -0.480 e. The zero-order chi connectivity index (χ0) is 11.8. The van der Waals surface area contributed by atoms with Gasteiger partial charge in [0.05, 0.1) is 0 Å². The minimum absolute atomic E-state index is 0.339. The van der Waals surface area contributed by atoms with E-state index in [9.17, 15) is 9.59 Å². The molecule has 1 heterocycles. The summed E-state index contributed by atoms with van der Waals surface area (Å²) in [6, 6.07) is 3.51. The van der Waals surface area contributed by atoms with E-state index in [2.05, 4.69) is 4.98 Å². The summed E-state index contributed by atoms with van der Waals surface area (Å²) in [5.41, 5.74) is -1.19. The molecule has 0 bridgehead atoms. The van der Waals surface area contributed by atoms with Gasteiger partial charge < -0.3 is 15.0 Å². The lowest BCUT2D eigenvalue weighted by Gasteiger charge is -2.38. The molecule has 0 unspecified atom stereocenters. The Morgan fingerprint density at radius 1 is 1.50 bits per heavy atom. The Bertz CT molecular complexity index is 407. The van der Waals surface area contributed by atoms with Crippen molar-refractivity contribution in [1.82, 2.24) is 4.98 Å². The number of carboxylic acids is 1. The molecule has 2 N–H and O–H groups in total. The number of carboxylic acid groups (broad SMARTS) is 1. The number of anilines is 1. The van der Waals surface area contributed by atoms with Crippen LogP contribution in [0.15, 0.2) is 18.3 Å². The van der Waals surface area contributed by atoms with E-state index in [0.717, 1.165) is 6.42 Å². The molecule has 5 nitrogen and oxygen atoms in total. The summed E-state index contributed by atoms with van der Waals surface area (Å²) < 4.78 is 0. The highest BCUT2D eigenvalue weighted by Gasteiger charge is 2.52. The number of aromatic nitrogens is 1. The van der Waals surface area contributed by atoms with Crippen molar-refractivity contribution in [3.63, 3.8) is 0 Å². The van der Waals surface area contributed by atoms with Gasteiger partial charge in [-0.1, -0.05) is 6.42 Å². The summed E-state index contributed by atoms with van der Waals surface area (Å²) in [6.07, 6.45) is 3.38. The first-order valence-electron chi connectivity index (χ1n) is 5.23. The Morgan fingerprint density at radius 2 is 2.19 bits per heavy atom. The minimum atomic E-state index is -1.19. The molecule has 86 valence electrons. The van der Waals surface area contributed by atoms with Crippen molar-refractivity contribution in [2.24, 2.45) is 5.41 Å². The van der Waals surface area contributed by atoms with Crippen molar-refractivity contribution in [2.45, 2.75) is 19.3 Å². The third-order valence-electron chi connectivity index (χ3n) is 3.27. The van der Waals surface area contributed by atoms with Crippen molar-refractivity contribution in [1.29, 1.82) is 0 Å². The molecule has 0 saturated heterocycles. The highest BCUT2D eigenvalue weighted by Crippen LogP contribution is 2.43. The van der Waals surface area contributed by atoms with E-state index < -0.39 is 11.4 Å². The lowest BCUT2D eigenvalue weighted by molar-refractivity contribution is -0.160. The fourth-order valence-corrected chi connectivity index (χ4v) is 2.01. The second-order valence-electron chi connectivity index (χ2n) is 4.16. The number of aliphatic carboxylic acids is 1. The van der Waals surface area contributed by atoms with Gasteiger partial charge in [-0.05, 0) is 25.0 Å². The molecule has 16 heavy (non-hydrogen) atoms. The van der Waals surface area contributed by atoms with Crippen LogP contribution in [0.4, 0.5) is 5.82 Å². The first-order chi connectivity index (χ1) is 7.58. The maximum atomic E-state index is 12.1. The topological polar surface area (TPSA) is 73.4 Å². The van der Waals surface area contributed by atoms with Crippen LogP contribution in [0.2, 0.25) is 0 Å². The molecular weight excluding hydrogens is 208 g/mol. The van der Waals surface area contributed by atoms with Crippen LogP contribution in [0.3, 0.4) is 0 Å². The Labute approximate surface area is 93.1 Å². The summed E-state index contributed by atoms with van der Waals surface area (Å²) in [5, 5.41) is 9.14. The van der Waals surface area contributed by atoms with Gasteiger partial charge in [-0.3, -0.25) is 9.59 Å². The fraction of sp³-hybridized carbons (Fsp3) is 0.455. The van der Waals surface area contributed by atoms with Crippen molar-refractivity contribution in [3.8, 4) is 0 Å². The fourth-order valence-electron chi connectivity index (χ4n) is 2.01. The number of nitrogens with zero attached hydrogens (tertiary/aromatic N) is 1. The van der Waals surface area contributed by atoms with Gasteiger partial charge in [0, 0.05) is 13.2 Å². The van der Waals surface area contributed by atoms with E-state index in [4.69, 9.17) is 5.11 Å². The van der Waals surface area contributed by atoms with E-state index in [0.29, 0.717) is 18.7 Å². The third kappa shape index (κ3) is 1.39. The SMILES string of the molecule is CN(C(=O)C1(C(=O)O)CCC1)c1ccc[nH]1. The predicted octanol–water partition coefficient (Wildman–Crippen LogP) is 1.23. The maximum absolute atomic E-state index is 12.1. The Morgan fingerprint density at radius 3 is 2.56 bits per heavy atom. The van der Waals surface area contributed by atoms with Gasteiger partial charge in [-0.2, -0.15) is 0 Å². The Kier molecular flexibility index (Phi) is 2.46. The monoisotopic (exact) mass is 222 g/mol. The molecule has 1 saturated carbocycles. The first kappa shape index (κ1) is 10.7. The molecule has 0 spiro atoms. The van der Waals surface area contributed by atoms with Gasteiger partial charge >= 0.3 is 5.97 Å². The van der Waals surface area contributed by atoms with Gasteiger partial charge in [0.1, 0.15) is 11.2 Å². The normalized spacial score (nSPS) is 17.6. The number of hydrogen-bond donors (Lipinski definition) is 2. The van der Waals surface area contributed by atoms with E-state index >= 15 is 0 Å². The molecule has 2 rings (SSSR count). The molecule has 5 heteroatoms. The molecule has 0 radical (unpaired) electrons.